The van der Waals surface area contributed by atoms with Crippen molar-refractivity contribution in [2.45, 2.75) is 45.2 Å². The van der Waals surface area contributed by atoms with E-state index in [1.807, 2.05) is 0 Å². The molecule has 1 atom stereocenters. The van der Waals surface area contributed by atoms with Gasteiger partial charge in [0.25, 0.3) is 0 Å². The SMILES string of the molecule is CC1C(=O)NC(=O)CN1c1nc2c(cc1CN)CCCC2. The minimum Gasteiger partial charge on any atom is -0.335 e. The van der Waals surface area contributed by atoms with Gasteiger partial charge in [-0.05, 0) is 44.2 Å². The molecular weight excluding hydrogens is 268 g/mol. The second kappa shape index (κ2) is 5.44. The second-order valence-electron chi connectivity index (χ2n) is 5.70. The lowest BCUT2D eigenvalue weighted by atomic mass is 9.94. The Morgan fingerprint density at radius 1 is 1.38 bits per heavy atom. The highest BCUT2D eigenvalue weighted by Gasteiger charge is 2.32. The molecule has 0 aromatic carbocycles. The zero-order valence-corrected chi connectivity index (χ0v) is 12.2. The van der Waals surface area contributed by atoms with Crippen LogP contribution in [0.4, 0.5) is 5.82 Å². The number of nitrogens with two attached hydrogens (primary N) is 1. The van der Waals surface area contributed by atoms with Gasteiger partial charge in [0.1, 0.15) is 11.9 Å². The number of hydrogen-bond acceptors (Lipinski definition) is 5. The van der Waals surface area contributed by atoms with Crippen LogP contribution in [0, 0.1) is 0 Å². The van der Waals surface area contributed by atoms with Crippen LogP contribution in [0.5, 0.6) is 0 Å². The van der Waals surface area contributed by atoms with Gasteiger partial charge >= 0.3 is 0 Å². The number of rotatable bonds is 2. The number of nitrogens with zero attached hydrogens (tertiary/aromatic N) is 2. The van der Waals surface area contributed by atoms with Crippen LogP contribution in [-0.4, -0.2) is 29.4 Å². The number of imide groups is 1. The molecule has 6 heteroatoms. The maximum Gasteiger partial charge on any atom is 0.249 e. The van der Waals surface area contributed by atoms with E-state index in [-0.39, 0.29) is 18.4 Å². The topological polar surface area (TPSA) is 88.3 Å². The van der Waals surface area contributed by atoms with Gasteiger partial charge in [0.05, 0.1) is 6.54 Å². The molecule has 0 spiro atoms. The molecule has 2 heterocycles. The number of anilines is 1. The van der Waals surface area contributed by atoms with Crippen LogP contribution in [0.1, 0.15) is 36.6 Å². The summed E-state index contributed by atoms with van der Waals surface area (Å²) in [6, 6.07) is 1.68. The predicted octanol–water partition coefficient (Wildman–Crippen LogP) is 0.270. The zero-order valence-electron chi connectivity index (χ0n) is 12.2. The summed E-state index contributed by atoms with van der Waals surface area (Å²) in [6.07, 6.45) is 4.30. The average molecular weight is 288 g/mol. The average Bonchev–Trinajstić information content (AvgIpc) is 2.49. The zero-order chi connectivity index (χ0) is 15.0. The summed E-state index contributed by atoms with van der Waals surface area (Å²) in [5, 5.41) is 2.35. The van der Waals surface area contributed by atoms with E-state index in [1.165, 1.54) is 12.0 Å². The van der Waals surface area contributed by atoms with Gasteiger partial charge in [-0.25, -0.2) is 4.98 Å². The number of nitrogens with one attached hydrogen (secondary N) is 1. The monoisotopic (exact) mass is 288 g/mol. The fraction of sp³-hybridized carbons (Fsp3) is 0.533. The van der Waals surface area contributed by atoms with E-state index in [0.717, 1.165) is 30.5 Å². The summed E-state index contributed by atoms with van der Waals surface area (Å²) >= 11 is 0. The van der Waals surface area contributed by atoms with E-state index in [9.17, 15) is 9.59 Å². The third-order valence-electron chi connectivity index (χ3n) is 4.27. The van der Waals surface area contributed by atoms with Gasteiger partial charge in [0.15, 0.2) is 0 Å². The Morgan fingerprint density at radius 3 is 2.90 bits per heavy atom. The Bertz CT molecular complexity index is 600. The van der Waals surface area contributed by atoms with Crippen LogP contribution in [0.15, 0.2) is 6.07 Å². The smallest absolute Gasteiger partial charge is 0.249 e. The number of amides is 2. The van der Waals surface area contributed by atoms with E-state index in [0.29, 0.717) is 12.4 Å². The molecule has 1 aromatic rings. The first-order chi connectivity index (χ1) is 10.1. The molecule has 0 saturated carbocycles. The number of carbonyl (C=O) groups is 2. The molecule has 1 unspecified atom stereocenters. The number of aryl methyl sites for hydroxylation is 2. The van der Waals surface area contributed by atoms with E-state index < -0.39 is 6.04 Å². The van der Waals surface area contributed by atoms with Crippen LogP contribution in [-0.2, 0) is 29.0 Å². The third kappa shape index (κ3) is 2.51. The fourth-order valence-corrected chi connectivity index (χ4v) is 3.04. The third-order valence-corrected chi connectivity index (χ3v) is 4.27. The summed E-state index contributed by atoms with van der Waals surface area (Å²) in [4.78, 5) is 30.0. The minimum atomic E-state index is -0.415. The number of aromatic nitrogens is 1. The molecule has 1 saturated heterocycles. The van der Waals surface area contributed by atoms with Crippen LogP contribution < -0.4 is 16.0 Å². The van der Waals surface area contributed by atoms with Crippen LogP contribution in [0.25, 0.3) is 0 Å². The van der Waals surface area contributed by atoms with Crippen molar-refractivity contribution >= 4 is 17.6 Å². The van der Waals surface area contributed by atoms with Crippen molar-refractivity contribution in [1.82, 2.24) is 10.3 Å². The molecule has 1 aliphatic heterocycles. The van der Waals surface area contributed by atoms with Crippen LogP contribution in [0.2, 0.25) is 0 Å². The standard InChI is InChI=1S/C15H20N4O2/c1-9-15(21)18-13(20)8-19(9)14-11(7-16)6-10-4-2-3-5-12(10)17-14/h6,9H,2-5,7-8,16H2,1H3,(H,18,20,21). The highest BCUT2D eigenvalue weighted by molar-refractivity contribution is 6.04. The van der Waals surface area contributed by atoms with Gasteiger partial charge in [0, 0.05) is 17.8 Å². The summed E-state index contributed by atoms with van der Waals surface area (Å²) in [6.45, 7) is 2.28. The largest absolute Gasteiger partial charge is 0.335 e. The van der Waals surface area contributed by atoms with Crippen molar-refractivity contribution in [1.29, 1.82) is 0 Å². The summed E-state index contributed by atoms with van der Waals surface area (Å²) < 4.78 is 0. The van der Waals surface area contributed by atoms with Crippen LogP contribution >= 0.6 is 0 Å². The summed E-state index contributed by atoms with van der Waals surface area (Å²) in [5.74, 6) is 0.114. The lowest BCUT2D eigenvalue weighted by Gasteiger charge is -2.34. The lowest BCUT2D eigenvalue weighted by Crippen LogP contribution is -2.57. The molecular formula is C15H20N4O2. The molecule has 1 fully saturated rings. The summed E-state index contributed by atoms with van der Waals surface area (Å²) in [7, 11) is 0. The Labute approximate surface area is 123 Å². The molecule has 0 bridgehead atoms. The Morgan fingerprint density at radius 2 is 2.14 bits per heavy atom. The van der Waals surface area contributed by atoms with Gasteiger partial charge in [-0.15, -0.1) is 0 Å². The molecule has 1 aromatic heterocycles. The quantitative estimate of drug-likeness (QED) is 0.763. The highest BCUT2D eigenvalue weighted by Crippen LogP contribution is 2.28. The van der Waals surface area contributed by atoms with Crippen molar-refractivity contribution in [2.24, 2.45) is 5.73 Å². The van der Waals surface area contributed by atoms with Gasteiger partial charge < -0.3 is 10.6 Å². The minimum absolute atomic E-state index is 0.145. The first-order valence-corrected chi connectivity index (χ1v) is 7.42. The van der Waals surface area contributed by atoms with E-state index in [2.05, 4.69) is 11.4 Å². The first kappa shape index (κ1) is 14.0. The van der Waals surface area contributed by atoms with Crippen LogP contribution in [0.3, 0.4) is 0 Å². The molecule has 112 valence electrons. The molecule has 6 nitrogen and oxygen atoms in total. The second-order valence-corrected chi connectivity index (χ2v) is 5.70. The molecule has 1 aliphatic carbocycles. The number of piperazine rings is 1. The van der Waals surface area contributed by atoms with E-state index >= 15 is 0 Å². The van der Waals surface area contributed by atoms with Gasteiger partial charge in [-0.2, -0.15) is 0 Å². The number of pyridine rings is 1. The van der Waals surface area contributed by atoms with E-state index in [4.69, 9.17) is 10.7 Å². The molecule has 2 aliphatic rings. The number of carbonyl (C=O) groups excluding carboxylic acids is 2. The lowest BCUT2D eigenvalue weighted by molar-refractivity contribution is -0.132. The van der Waals surface area contributed by atoms with Gasteiger partial charge in [-0.3, -0.25) is 14.9 Å². The van der Waals surface area contributed by atoms with Crippen molar-refractivity contribution < 1.29 is 9.59 Å². The van der Waals surface area contributed by atoms with Crippen molar-refractivity contribution in [2.75, 3.05) is 11.4 Å². The number of fused-ring (bicyclic) bond motifs is 1. The van der Waals surface area contributed by atoms with Crippen molar-refractivity contribution in [3.05, 3.63) is 22.9 Å². The normalized spacial score (nSPS) is 22.0. The Balaban J connectivity index is 2.03. The highest BCUT2D eigenvalue weighted by atomic mass is 16.2. The molecule has 3 N–H and O–H groups in total. The fourth-order valence-electron chi connectivity index (χ4n) is 3.04. The maximum absolute atomic E-state index is 11.8. The number of hydrogen-bond donors (Lipinski definition) is 2. The molecule has 2 amide bonds. The summed E-state index contributed by atoms with van der Waals surface area (Å²) in [5.41, 5.74) is 9.10. The molecule has 21 heavy (non-hydrogen) atoms. The van der Waals surface area contributed by atoms with Gasteiger partial charge in [0.2, 0.25) is 11.8 Å². The molecule has 3 rings (SSSR count). The maximum atomic E-state index is 11.8. The van der Waals surface area contributed by atoms with Gasteiger partial charge in [-0.1, -0.05) is 0 Å². The van der Waals surface area contributed by atoms with E-state index in [1.54, 1.807) is 11.8 Å². The Kier molecular flexibility index (Phi) is 3.63. The molecule has 0 radical (unpaired) electrons. The predicted molar refractivity (Wildman–Crippen MR) is 78.7 cm³/mol. The first-order valence-electron chi connectivity index (χ1n) is 7.42. The Hall–Kier alpha value is -1.95. The van der Waals surface area contributed by atoms with Crippen molar-refractivity contribution in [3.8, 4) is 0 Å². The van der Waals surface area contributed by atoms with Crippen molar-refractivity contribution in [3.63, 3.8) is 0 Å².